The van der Waals surface area contributed by atoms with Crippen molar-refractivity contribution in [2.75, 3.05) is 19.6 Å². The molecule has 1 saturated carbocycles. The maximum absolute atomic E-state index is 5.69. The second-order valence-corrected chi connectivity index (χ2v) is 5.70. The molecule has 1 aromatic carbocycles. The monoisotopic (exact) mass is 256 g/mol. The summed E-state index contributed by atoms with van der Waals surface area (Å²) < 4.78 is 0. The third kappa shape index (κ3) is 4.38. The molecule has 1 aliphatic rings. The van der Waals surface area contributed by atoms with Crippen LogP contribution < -0.4 is 5.73 Å². The van der Waals surface area contributed by atoms with E-state index in [4.69, 9.17) is 12.2 Å². The summed E-state index contributed by atoms with van der Waals surface area (Å²) in [6.45, 7) is 5.71. The van der Waals surface area contributed by atoms with E-state index in [0.717, 1.165) is 25.6 Å². The Labute approximate surface area is 117 Å². The number of terminal acetylenes is 1. The van der Waals surface area contributed by atoms with Gasteiger partial charge in [0.2, 0.25) is 0 Å². The van der Waals surface area contributed by atoms with Crippen LogP contribution in [-0.4, -0.2) is 24.5 Å². The molecule has 2 N–H and O–H groups in total. The highest BCUT2D eigenvalue weighted by molar-refractivity contribution is 5.25. The Hall–Kier alpha value is -1.30. The van der Waals surface area contributed by atoms with E-state index < -0.39 is 0 Å². The first-order valence-electron chi connectivity index (χ1n) is 7.17. The summed E-state index contributed by atoms with van der Waals surface area (Å²) in [7, 11) is 0. The van der Waals surface area contributed by atoms with Gasteiger partial charge in [0.15, 0.2) is 0 Å². The first-order valence-corrected chi connectivity index (χ1v) is 7.17. The van der Waals surface area contributed by atoms with Crippen molar-refractivity contribution >= 4 is 0 Å². The Morgan fingerprint density at radius 2 is 2.05 bits per heavy atom. The van der Waals surface area contributed by atoms with Crippen LogP contribution in [0.4, 0.5) is 0 Å². The zero-order chi connectivity index (χ0) is 13.7. The molecular formula is C17H24N2. The number of rotatable bonds is 7. The molecule has 0 aliphatic heterocycles. The Morgan fingerprint density at radius 3 is 2.58 bits per heavy atom. The fourth-order valence-electron chi connectivity index (χ4n) is 2.33. The van der Waals surface area contributed by atoms with Crippen LogP contribution in [0, 0.1) is 18.3 Å². The standard InChI is InChI=1S/C17H24N2/c1-3-10-19(12-15-4-5-15)13-16-6-8-17(9-7-16)14(2)11-18/h1,6-9,14-15H,4-5,10-13,18H2,2H3. The molecule has 0 heterocycles. The van der Waals surface area contributed by atoms with Crippen molar-refractivity contribution in [3.8, 4) is 12.3 Å². The molecule has 1 aromatic rings. The van der Waals surface area contributed by atoms with E-state index in [0.29, 0.717) is 12.5 Å². The molecule has 1 atom stereocenters. The van der Waals surface area contributed by atoms with Crippen LogP contribution in [0.1, 0.15) is 36.8 Å². The van der Waals surface area contributed by atoms with Crippen molar-refractivity contribution in [1.82, 2.24) is 4.90 Å². The van der Waals surface area contributed by atoms with Crippen LogP contribution in [-0.2, 0) is 6.54 Å². The zero-order valence-electron chi connectivity index (χ0n) is 11.8. The molecule has 0 aromatic heterocycles. The molecule has 2 heteroatoms. The highest BCUT2D eigenvalue weighted by Gasteiger charge is 2.23. The van der Waals surface area contributed by atoms with E-state index in [1.54, 1.807) is 0 Å². The maximum atomic E-state index is 5.69. The summed E-state index contributed by atoms with van der Waals surface area (Å²) in [5, 5.41) is 0. The molecule has 2 rings (SSSR count). The second-order valence-electron chi connectivity index (χ2n) is 5.70. The number of hydrogen-bond acceptors (Lipinski definition) is 2. The molecule has 0 radical (unpaired) electrons. The lowest BCUT2D eigenvalue weighted by Crippen LogP contribution is -2.26. The lowest BCUT2D eigenvalue weighted by Gasteiger charge is -2.20. The second kappa shape index (κ2) is 6.75. The van der Waals surface area contributed by atoms with Crippen LogP contribution >= 0.6 is 0 Å². The third-order valence-corrected chi connectivity index (χ3v) is 3.84. The molecule has 1 unspecified atom stereocenters. The molecule has 0 saturated heterocycles. The van der Waals surface area contributed by atoms with Crippen LogP contribution in [0.2, 0.25) is 0 Å². The summed E-state index contributed by atoms with van der Waals surface area (Å²) in [5.41, 5.74) is 8.35. The van der Waals surface area contributed by atoms with Crippen molar-refractivity contribution in [3.63, 3.8) is 0 Å². The van der Waals surface area contributed by atoms with Gasteiger partial charge in [-0.1, -0.05) is 37.1 Å². The van der Waals surface area contributed by atoms with E-state index in [9.17, 15) is 0 Å². The lowest BCUT2D eigenvalue weighted by atomic mass is 10.00. The minimum absolute atomic E-state index is 0.433. The van der Waals surface area contributed by atoms with Gasteiger partial charge in [0, 0.05) is 13.1 Å². The minimum Gasteiger partial charge on any atom is -0.330 e. The highest BCUT2D eigenvalue weighted by Crippen LogP contribution is 2.30. The first-order chi connectivity index (χ1) is 9.22. The summed E-state index contributed by atoms with van der Waals surface area (Å²) >= 11 is 0. The fourth-order valence-corrected chi connectivity index (χ4v) is 2.33. The molecular weight excluding hydrogens is 232 g/mol. The molecule has 1 aliphatic carbocycles. The molecule has 2 nitrogen and oxygen atoms in total. The lowest BCUT2D eigenvalue weighted by molar-refractivity contribution is 0.286. The van der Waals surface area contributed by atoms with Gasteiger partial charge in [0.1, 0.15) is 0 Å². The van der Waals surface area contributed by atoms with Gasteiger partial charge in [-0.05, 0) is 42.3 Å². The normalized spacial score (nSPS) is 16.3. The van der Waals surface area contributed by atoms with E-state index in [1.165, 1.54) is 24.0 Å². The van der Waals surface area contributed by atoms with Gasteiger partial charge in [-0.2, -0.15) is 0 Å². The summed E-state index contributed by atoms with van der Waals surface area (Å²) in [6.07, 6.45) is 8.19. The molecule has 0 amide bonds. The zero-order valence-corrected chi connectivity index (χ0v) is 11.8. The maximum Gasteiger partial charge on any atom is 0.0601 e. The number of nitrogens with zero attached hydrogens (tertiary/aromatic N) is 1. The van der Waals surface area contributed by atoms with Crippen molar-refractivity contribution in [1.29, 1.82) is 0 Å². The summed E-state index contributed by atoms with van der Waals surface area (Å²) in [4.78, 5) is 2.37. The number of nitrogens with two attached hydrogens (primary N) is 1. The topological polar surface area (TPSA) is 29.3 Å². The van der Waals surface area contributed by atoms with Gasteiger partial charge in [-0.3, -0.25) is 4.90 Å². The van der Waals surface area contributed by atoms with Crippen LogP contribution in [0.3, 0.4) is 0 Å². The van der Waals surface area contributed by atoms with E-state index in [-0.39, 0.29) is 0 Å². The molecule has 0 spiro atoms. The quantitative estimate of drug-likeness (QED) is 0.760. The molecule has 19 heavy (non-hydrogen) atoms. The van der Waals surface area contributed by atoms with Crippen LogP contribution in [0.15, 0.2) is 24.3 Å². The van der Waals surface area contributed by atoms with Crippen molar-refractivity contribution < 1.29 is 0 Å². The van der Waals surface area contributed by atoms with Gasteiger partial charge in [-0.15, -0.1) is 6.42 Å². The Balaban J connectivity index is 1.94. The number of hydrogen-bond donors (Lipinski definition) is 1. The summed E-state index contributed by atoms with van der Waals surface area (Å²) in [6, 6.07) is 8.80. The predicted molar refractivity (Wildman–Crippen MR) is 80.7 cm³/mol. The van der Waals surface area contributed by atoms with Gasteiger partial charge >= 0.3 is 0 Å². The van der Waals surface area contributed by atoms with Crippen molar-refractivity contribution in [2.24, 2.45) is 11.7 Å². The van der Waals surface area contributed by atoms with Crippen LogP contribution in [0.25, 0.3) is 0 Å². The van der Waals surface area contributed by atoms with Crippen LogP contribution in [0.5, 0.6) is 0 Å². The number of benzene rings is 1. The van der Waals surface area contributed by atoms with Crippen molar-refractivity contribution in [2.45, 2.75) is 32.2 Å². The third-order valence-electron chi connectivity index (χ3n) is 3.84. The van der Waals surface area contributed by atoms with E-state index in [1.807, 2.05) is 0 Å². The van der Waals surface area contributed by atoms with Crippen molar-refractivity contribution in [3.05, 3.63) is 35.4 Å². The predicted octanol–water partition coefficient (Wildman–Crippen LogP) is 2.59. The average Bonchev–Trinajstić information content (AvgIpc) is 3.23. The van der Waals surface area contributed by atoms with E-state index in [2.05, 4.69) is 42.0 Å². The Morgan fingerprint density at radius 1 is 1.37 bits per heavy atom. The smallest absolute Gasteiger partial charge is 0.0601 e. The first kappa shape index (κ1) is 14.1. The summed E-state index contributed by atoms with van der Waals surface area (Å²) in [5.74, 6) is 4.08. The Kier molecular flexibility index (Phi) is 5.01. The highest BCUT2D eigenvalue weighted by atomic mass is 15.1. The molecule has 1 fully saturated rings. The van der Waals surface area contributed by atoms with Gasteiger partial charge in [-0.25, -0.2) is 0 Å². The van der Waals surface area contributed by atoms with Gasteiger partial charge < -0.3 is 5.73 Å². The SMILES string of the molecule is C#CCN(Cc1ccc(C(C)CN)cc1)CC1CC1. The molecule has 0 bridgehead atoms. The minimum atomic E-state index is 0.433. The average molecular weight is 256 g/mol. The van der Waals surface area contributed by atoms with E-state index >= 15 is 0 Å². The Bertz CT molecular complexity index is 426. The van der Waals surface area contributed by atoms with Gasteiger partial charge in [0.05, 0.1) is 6.54 Å². The molecule has 102 valence electrons. The van der Waals surface area contributed by atoms with Gasteiger partial charge in [0.25, 0.3) is 0 Å². The fraction of sp³-hybridized carbons (Fsp3) is 0.529. The largest absolute Gasteiger partial charge is 0.330 e.